The summed E-state index contributed by atoms with van der Waals surface area (Å²) in [5, 5.41) is 20.4. The number of aliphatic hydroxyl groups excluding tert-OH is 1. The predicted molar refractivity (Wildman–Crippen MR) is 92.6 cm³/mol. The van der Waals surface area contributed by atoms with Gasteiger partial charge >= 0.3 is 0 Å². The van der Waals surface area contributed by atoms with E-state index in [0.29, 0.717) is 5.75 Å². The number of hydrogen-bond donors (Lipinski definition) is 2. The highest BCUT2D eigenvalue weighted by Crippen LogP contribution is 2.68. The van der Waals surface area contributed by atoms with Gasteiger partial charge in [0.1, 0.15) is 5.75 Å². The molecule has 23 heavy (non-hydrogen) atoms. The molecular formula is C21H26O2. The molecule has 0 radical (unpaired) electrons. The molecule has 0 amide bonds. The topological polar surface area (TPSA) is 40.5 Å². The molecule has 0 saturated heterocycles. The number of fused-ring (bicyclic) bond motifs is 4. The first-order chi connectivity index (χ1) is 10.7. The van der Waals surface area contributed by atoms with Crippen LogP contribution < -0.4 is 0 Å². The van der Waals surface area contributed by atoms with Crippen LogP contribution in [0, 0.1) is 5.41 Å². The molecule has 1 aromatic rings. The minimum Gasteiger partial charge on any atom is -0.508 e. The van der Waals surface area contributed by atoms with Crippen LogP contribution in [0.3, 0.4) is 0 Å². The van der Waals surface area contributed by atoms with Gasteiger partial charge in [-0.05, 0) is 64.5 Å². The summed E-state index contributed by atoms with van der Waals surface area (Å²) in [6.07, 6.45) is 6.72. The summed E-state index contributed by atoms with van der Waals surface area (Å²) < 4.78 is 0. The third-order valence-corrected chi connectivity index (χ3v) is 6.46. The number of aromatic hydroxyl groups is 1. The Balaban J connectivity index is 2.04. The van der Waals surface area contributed by atoms with Crippen molar-refractivity contribution < 1.29 is 10.2 Å². The van der Waals surface area contributed by atoms with Crippen molar-refractivity contribution in [1.82, 2.24) is 0 Å². The third kappa shape index (κ3) is 1.79. The lowest BCUT2D eigenvalue weighted by molar-refractivity contribution is 0.201. The van der Waals surface area contributed by atoms with Gasteiger partial charge in [0.25, 0.3) is 0 Å². The summed E-state index contributed by atoms with van der Waals surface area (Å²) in [6, 6.07) is 5.87. The summed E-state index contributed by atoms with van der Waals surface area (Å²) >= 11 is 0. The van der Waals surface area contributed by atoms with E-state index >= 15 is 0 Å². The van der Waals surface area contributed by atoms with Gasteiger partial charge in [-0.1, -0.05) is 45.9 Å². The molecule has 2 nitrogen and oxygen atoms in total. The van der Waals surface area contributed by atoms with E-state index < -0.39 is 0 Å². The van der Waals surface area contributed by atoms with Crippen molar-refractivity contribution in [3.8, 4) is 5.75 Å². The average Bonchev–Trinajstić information content (AvgIpc) is 2.81. The Morgan fingerprint density at radius 3 is 2.57 bits per heavy atom. The molecule has 2 heteroatoms. The number of phenols is 1. The first kappa shape index (κ1) is 15.0. The Morgan fingerprint density at radius 1 is 1.09 bits per heavy atom. The van der Waals surface area contributed by atoms with E-state index in [2.05, 4.69) is 45.9 Å². The maximum Gasteiger partial charge on any atom is 0.115 e. The molecule has 2 N–H and O–H groups in total. The molecule has 1 spiro atoms. The molecule has 1 aromatic carbocycles. The van der Waals surface area contributed by atoms with Crippen LogP contribution in [0.15, 0.2) is 41.5 Å². The van der Waals surface area contributed by atoms with Crippen LogP contribution in [0.25, 0.3) is 0 Å². The lowest BCUT2D eigenvalue weighted by Gasteiger charge is -2.41. The molecule has 4 rings (SSSR count). The first-order valence-electron chi connectivity index (χ1n) is 8.61. The molecule has 0 bridgehead atoms. The second-order valence-electron chi connectivity index (χ2n) is 8.87. The Bertz CT molecular complexity index is 751. The molecule has 0 aromatic heterocycles. The van der Waals surface area contributed by atoms with E-state index in [4.69, 9.17) is 0 Å². The minimum atomic E-state index is -0.385. The standard InChI is InChI=1S/C21H26O2/c1-19(2)12-21(18-10-15(23)7-8-16(18)19)17-9-14(22)6-5-13(17)11-20(21,3)4/h5,7-10,14,22-23H,6,11-12H2,1-4H3/t14-,21?/m1/s1. The molecule has 3 aliphatic rings. The number of hydrogen-bond acceptors (Lipinski definition) is 2. The Hall–Kier alpha value is -1.54. The predicted octanol–water partition coefficient (Wildman–Crippen LogP) is 4.36. The van der Waals surface area contributed by atoms with Crippen LogP contribution in [-0.4, -0.2) is 16.3 Å². The van der Waals surface area contributed by atoms with E-state index in [1.54, 1.807) is 0 Å². The van der Waals surface area contributed by atoms with Crippen molar-refractivity contribution in [2.24, 2.45) is 5.41 Å². The summed E-state index contributed by atoms with van der Waals surface area (Å²) in [4.78, 5) is 0. The molecule has 2 atom stereocenters. The SMILES string of the molecule is CC1(C)CC2(C3=C[C@H](O)CC=C3CC2(C)C)c2cc(O)ccc21. The Kier molecular flexibility index (Phi) is 2.81. The van der Waals surface area contributed by atoms with Crippen molar-refractivity contribution in [3.63, 3.8) is 0 Å². The van der Waals surface area contributed by atoms with E-state index in [9.17, 15) is 10.2 Å². The van der Waals surface area contributed by atoms with Gasteiger partial charge in [-0.25, -0.2) is 0 Å². The number of allylic oxidation sites excluding steroid dienone is 2. The maximum absolute atomic E-state index is 10.2. The van der Waals surface area contributed by atoms with Gasteiger partial charge in [0.15, 0.2) is 0 Å². The highest BCUT2D eigenvalue weighted by atomic mass is 16.3. The van der Waals surface area contributed by atoms with Gasteiger partial charge in [0.05, 0.1) is 6.10 Å². The Labute approximate surface area is 138 Å². The number of phenolic OH excluding ortho intramolecular Hbond substituents is 1. The lowest BCUT2D eigenvalue weighted by atomic mass is 9.61. The van der Waals surface area contributed by atoms with Crippen molar-refractivity contribution in [3.05, 3.63) is 52.6 Å². The van der Waals surface area contributed by atoms with Crippen LogP contribution in [0.4, 0.5) is 0 Å². The fourth-order valence-corrected chi connectivity index (χ4v) is 5.49. The molecular weight excluding hydrogens is 284 g/mol. The van der Waals surface area contributed by atoms with E-state index in [1.807, 2.05) is 12.1 Å². The van der Waals surface area contributed by atoms with Gasteiger partial charge in [-0.3, -0.25) is 0 Å². The summed E-state index contributed by atoms with van der Waals surface area (Å²) in [5.74, 6) is 0.339. The summed E-state index contributed by atoms with van der Waals surface area (Å²) in [6.45, 7) is 9.29. The van der Waals surface area contributed by atoms with Crippen LogP contribution >= 0.6 is 0 Å². The molecule has 0 aliphatic heterocycles. The smallest absolute Gasteiger partial charge is 0.115 e. The fraction of sp³-hybridized carbons (Fsp3) is 0.524. The normalized spacial score (nSPS) is 33.2. The quantitative estimate of drug-likeness (QED) is 0.747. The summed E-state index contributed by atoms with van der Waals surface area (Å²) in [7, 11) is 0. The fourth-order valence-electron chi connectivity index (χ4n) is 5.49. The van der Waals surface area contributed by atoms with Gasteiger partial charge < -0.3 is 10.2 Å². The molecule has 0 heterocycles. The number of benzene rings is 1. The van der Waals surface area contributed by atoms with Crippen molar-refractivity contribution in [2.45, 2.75) is 63.9 Å². The van der Waals surface area contributed by atoms with Crippen molar-refractivity contribution in [2.75, 3.05) is 0 Å². The van der Waals surface area contributed by atoms with Crippen LogP contribution in [0.1, 0.15) is 58.1 Å². The summed E-state index contributed by atoms with van der Waals surface area (Å²) in [5.41, 5.74) is 5.33. The first-order valence-corrected chi connectivity index (χ1v) is 8.61. The maximum atomic E-state index is 10.2. The molecule has 3 aliphatic carbocycles. The zero-order chi connectivity index (χ0) is 16.6. The van der Waals surface area contributed by atoms with Gasteiger partial charge in [-0.2, -0.15) is 0 Å². The van der Waals surface area contributed by atoms with Crippen LogP contribution in [0.5, 0.6) is 5.75 Å². The largest absolute Gasteiger partial charge is 0.508 e. The minimum absolute atomic E-state index is 0.0684. The molecule has 1 saturated carbocycles. The average molecular weight is 310 g/mol. The third-order valence-electron chi connectivity index (χ3n) is 6.46. The highest BCUT2D eigenvalue weighted by molar-refractivity contribution is 5.63. The van der Waals surface area contributed by atoms with Gasteiger partial charge in [0, 0.05) is 5.41 Å². The monoisotopic (exact) mass is 310 g/mol. The van der Waals surface area contributed by atoms with Gasteiger partial charge in [0.2, 0.25) is 0 Å². The van der Waals surface area contributed by atoms with Crippen LogP contribution in [-0.2, 0) is 10.8 Å². The number of rotatable bonds is 0. The van der Waals surface area contributed by atoms with Crippen molar-refractivity contribution >= 4 is 0 Å². The number of aliphatic hydroxyl groups is 1. The second kappa shape index (κ2) is 4.30. The Morgan fingerprint density at radius 2 is 1.83 bits per heavy atom. The lowest BCUT2D eigenvalue weighted by Crippen LogP contribution is -2.38. The zero-order valence-corrected chi connectivity index (χ0v) is 14.5. The highest BCUT2D eigenvalue weighted by Gasteiger charge is 2.61. The van der Waals surface area contributed by atoms with E-state index in [0.717, 1.165) is 19.3 Å². The van der Waals surface area contributed by atoms with E-state index in [-0.39, 0.29) is 22.3 Å². The van der Waals surface area contributed by atoms with Gasteiger partial charge in [-0.15, -0.1) is 0 Å². The van der Waals surface area contributed by atoms with Crippen LogP contribution in [0.2, 0.25) is 0 Å². The molecule has 1 unspecified atom stereocenters. The molecule has 122 valence electrons. The zero-order valence-electron chi connectivity index (χ0n) is 14.5. The van der Waals surface area contributed by atoms with E-state index in [1.165, 1.54) is 22.3 Å². The second-order valence-corrected chi connectivity index (χ2v) is 8.87. The molecule has 1 fully saturated rings. The van der Waals surface area contributed by atoms with Crippen molar-refractivity contribution in [1.29, 1.82) is 0 Å².